The van der Waals surface area contributed by atoms with Gasteiger partial charge in [-0.05, 0) is 49.2 Å². The maximum atomic E-state index is 13.8. The molecule has 1 aromatic heterocycles. The van der Waals surface area contributed by atoms with E-state index in [0.29, 0.717) is 5.82 Å². The van der Waals surface area contributed by atoms with Gasteiger partial charge in [-0.2, -0.15) is 0 Å². The third kappa shape index (κ3) is 2.94. The lowest BCUT2D eigenvalue weighted by atomic mass is 10.1. The van der Waals surface area contributed by atoms with Crippen molar-refractivity contribution in [3.63, 3.8) is 0 Å². The van der Waals surface area contributed by atoms with Gasteiger partial charge < -0.3 is 10.4 Å². The summed E-state index contributed by atoms with van der Waals surface area (Å²) >= 11 is 0. The van der Waals surface area contributed by atoms with E-state index in [2.05, 4.69) is 15.3 Å². The summed E-state index contributed by atoms with van der Waals surface area (Å²) in [5, 5.41) is 13.0. The summed E-state index contributed by atoms with van der Waals surface area (Å²) in [4.78, 5) is 8.42. The van der Waals surface area contributed by atoms with Gasteiger partial charge in [0.15, 0.2) is 0 Å². The van der Waals surface area contributed by atoms with Crippen molar-refractivity contribution in [2.45, 2.75) is 13.8 Å². The number of nitrogens with zero attached hydrogens (tertiary/aromatic N) is 2. The topological polar surface area (TPSA) is 58.0 Å². The number of aromatic hydroxyl groups is 1. The molecule has 0 aliphatic heterocycles. The molecule has 0 radical (unpaired) electrons. The lowest BCUT2D eigenvalue weighted by Gasteiger charge is -2.11. The molecule has 0 saturated carbocycles. The van der Waals surface area contributed by atoms with Crippen LogP contribution in [-0.2, 0) is 0 Å². The van der Waals surface area contributed by atoms with Crippen LogP contribution in [-0.4, -0.2) is 15.1 Å². The Morgan fingerprint density at radius 2 is 1.77 bits per heavy atom. The van der Waals surface area contributed by atoms with Crippen LogP contribution in [0.2, 0.25) is 0 Å². The molecule has 3 rings (SSSR count). The number of fused-ring (bicyclic) bond motifs is 1. The summed E-state index contributed by atoms with van der Waals surface area (Å²) in [6.07, 6.45) is 1.44. The van der Waals surface area contributed by atoms with Crippen molar-refractivity contribution in [1.82, 2.24) is 9.97 Å². The van der Waals surface area contributed by atoms with Gasteiger partial charge in [0.25, 0.3) is 0 Å². The number of phenols is 1. The molecule has 22 heavy (non-hydrogen) atoms. The number of aromatic nitrogens is 2. The number of hydrogen-bond donors (Lipinski definition) is 2. The first-order valence-corrected chi connectivity index (χ1v) is 6.52. The molecule has 0 unspecified atom stereocenters. The first-order chi connectivity index (χ1) is 10.0. The fraction of sp³-hybridized carbons (Fsp3) is 0.125. The zero-order chi connectivity index (χ0) is 15.0. The van der Waals surface area contributed by atoms with Crippen molar-refractivity contribution in [1.29, 1.82) is 0 Å². The molecule has 0 amide bonds. The average molecular weight is 320 g/mol. The summed E-state index contributed by atoms with van der Waals surface area (Å²) < 4.78 is 13.8. The minimum Gasteiger partial charge on any atom is -0.508 e. The standard InChI is InChI=1S/C16H14FN3O.ClH/c1-9-5-12-15(6-10(9)2)18-8-19-16(12)20-14-4-3-11(21)7-13(14)17;/h3-8,21H,1-2H3,(H,18,19,20);1H. The maximum absolute atomic E-state index is 13.8. The van der Waals surface area contributed by atoms with Crippen molar-refractivity contribution in [2.24, 2.45) is 0 Å². The third-order valence-corrected chi connectivity index (χ3v) is 3.46. The van der Waals surface area contributed by atoms with Crippen molar-refractivity contribution >= 4 is 34.8 Å². The second-order valence-corrected chi connectivity index (χ2v) is 4.97. The van der Waals surface area contributed by atoms with Gasteiger partial charge in [0.1, 0.15) is 23.7 Å². The van der Waals surface area contributed by atoms with Crippen LogP contribution in [0.4, 0.5) is 15.9 Å². The molecule has 0 atom stereocenters. The van der Waals surface area contributed by atoms with Crippen molar-refractivity contribution in [3.8, 4) is 5.75 Å². The number of benzene rings is 2. The lowest BCUT2D eigenvalue weighted by molar-refractivity contribution is 0.469. The summed E-state index contributed by atoms with van der Waals surface area (Å²) in [7, 11) is 0. The van der Waals surface area contributed by atoms with E-state index >= 15 is 0 Å². The van der Waals surface area contributed by atoms with Gasteiger partial charge in [0.05, 0.1) is 11.2 Å². The highest BCUT2D eigenvalue weighted by Crippen LogP contribution is 2.27. The quantitative estimate of drug-likeness (QED) is 0.693. The first kappa shape index (κ1) is 16.0. The van der Waals surface area contributed by atoms with Crippen LogP contribution in [0.15, 0.2) is 36.7 Å². The summed E-state index contributed by atoms with van der Waals surface area (Å²) in [6.45, 7) is 4.02. The molecular weight excluding hydrogens is 305 g/mol. The number of aryl methyl sites for hydroxylation is 2. The van der Waals surface area contributed by atoms with Crippen molar-refractivity contribution in [3.05, 3.63) is 53.6 Å². The zero-order valence-electron chi connectivity index (χ0n) is 12.1. The molecule has 114 valence electrons. The average Bonchev–Trinajstić information content (AvgIpc) is 2.44. The Labute approximate surface area is 133 Å². The number of rotatable bonds is 2. The highest BCUT2D eigenvalue weighted by atomic mass is 35.5. The molecule has 0 saturated heterocycles. The van der Waals surface area contributed by atoms with E-state index in [9.17, 15) is 9.50 Å². The van der Waals surface area contributed by atoms with E-state index < -0.39 is 5.82 Å². The largest absolute Gasteiger partial charge is 0.508 e. The van der Waals surface area contributed by atoms with Crippen LogP contribution in [0.5, 0.6) is 5.75 Å². The summed E-state index contributed by atoms with van der Waals surface area (Å²) in [5.74, 6) is -0.115. The first-order valence-electron chi connectivity index (χ1n) is 6.52. The number of phenolic OH excluding ortho intramolecular Hbond substituents is 1. The Bertz CT molecular complexity index is 839. The van der Waals surface area contributed by atoms with Crippen LogP contribution in [0.1, 0.15) is 11.1 Å². The third-order valence-electron chi connectivity index (χ3n) is 3.46. The van der Waals surface area contributed by atoms with Gasteiger partial charge in [0.2, 0.25) is 0 Å². The summed E-state index contributed by atoms with van der Waals surface area (Å²) in [6, 6.07) is 7.90. The molecule has 0 spiro atoms. The highest BCUT2D eigenvalue weighted by Gasteiger charge is 2.09. The van der Waals surface area contributed by atoms with E-state index in [1.165, 1.54) is 18.5 Å². The van der Waals surface area contributed by atoms with E-state index in [1.807, 2.05) is 26.0 Å². The van der Waals surface area contributed by atoms with Gasteiger partial charge in [-0.25, -0.2) is 14.4 Å². The molecule has 0 bridgehead atoms. The van der Waals surface area contributed by atoms with Crippen LogP contribution in [0, 0.1) is 19.7 Å². The number of hydrogen-bond acceptors (Lipinski definition) is 4. The lowest BCUT2D eigenvalue weighted by Crippen LogP contribution is -1.98. The SMILES string of the molecule is Cc1cc2ncnc(Nc3ccc(O)cc3F)c2cc1C.Cl. The Kier molecular flexibility index (Phi) is 4.47. The summed E-state index contributed by atoms with van der Waals surface area (Å²) in [5.41, 5.74) is 3.32. The molecule has 0 aliphatic rings. The minimum atomic E-state index is -0.536. The molecule has 2 N–H and O–H groups in total. The van der Waals surface area contributed by atoms with Gasteiger partial charge in [0, 0.05) is 11.5 Å². The molecule has 0 aliphatic carbocycles. The van der Waals surface area contributed by atoms with Crippen molar-refractivity contribution in [2.75, 3.05) is 5.32 Å². The monoisotopic (exact) mass is 319 g/mol. The van der Waals surface area contributed by atoms with Crippen LogP contribution < -0.4 is 5.32 Å². The van der Waals surface area contributed by atoms with Crippen LogP contribution in [0.25, 0.3) is 10.9 Å². The predicted octanol–water partition coefficient (Wildman–Crippen LogP) is 4.26. The Hall–Kier alpha value is -2.40. The van der Waals surface area contributed by atoms with E-state index in [-0.39, 0.29) is 23.8 Å². The molecular formula is C16H15ClFN3O. The Morgan fingerprint density at radius 3 is 2.50 bits per heavy atom. The second kappa shape index (κ2) is 6.15. The number of nitrogens with one attached hydrogen (secondary N) is 1. The maximum Gasteiger partial charge on any atom is 0.150 e. The fourth-order valence-corrected chi connectivity index (χ4v) is 2.15. The molecule has 2 aromatic carbocycles. The van der Waals surface area contributed by atoms with E-state index in [4.69, 9.17) is 0 Å². The Balaban J connectivity index is 0.00000176. The Morgan fingerprint density at radius 1 is 1.05 bits per heavy atom. The zero-order valence-corrected chi connectivity index (χ0v) is 12.9. The molecule has 6 heteroatoms. The smallest absolute Gasteiger partial charge is 0.150 e. The van der Waals surface area contributed by atoms with Crippen LogP contribution in [0.3, 0.4) is 0 Å². The van der Waals surface area contributed by atoms with Crippen molar-refractivity contribution < 1.29 is 9.50 Å². The van der Waals surface area contributed by atoms with Gasteiger partial charge in [-0.1, -0.05) is 0 Å². The van der Waals surface area contributed by atoms with Gasteiger partial charge in [-0.15, -0.1) is 12.4 Å². The van der Waals surface area contributed by atoms with Gasteiger partial charge >= 0.3 is 0 Å². The molecule has 4 nitrogen and oxygen atoms in total. The molecule has 1 heterocycles. The van der Waals surface area contributed by atoms with Crippen LogP contribution >= 0.6 is 12.4 Å². The second-order valence-electron chi connectivity index (χ2n) is 4.97. The van der Waals surface area contributed by atoms with Gasteiger partial charge in [-0.3, -0.25) is 0 Å². The van der Waals surface area contributed by atoms with E-state index in [0.717, 1.165) is 28.1 Å². The molecule has 0 fully saturated rings. The fourth-order valence-electron chi connectivity index (χ4n) is 2.15. The predicted molar refractivity (Wildman–Crippen MR) is 87.6 cm³/mol. The highest BCUT2D eigenvalue weighted by molar-refractivity contribution is 5.91. The van der Waals surface area contributed by atoms with E-state index in [1.54, 1.807) is 0 Å². The molecule has 3 aromatic rings. The normalized spacial score (nSPS) is 10.3. The number of halogens is 2. The minimum absolute atomic E-state index is 0. The number of anilines is 2.